The summed E-state index contributed by atoms with van der Waals surface area (Å²) in [5.74, 6) is 0. The highest BCUT2D eigenvalue weighted by Crippen LogP contribution is 2.06. The molecule has 0 saturated carbocycles. The van der Waals surface area contributed by atoms with Gasteiger partial charge in [0, 0.05) is 6.21 Å². The van der Waals surface area contributed by atoms with E-state index in [9.17, 15) is 0 Å². The van der Waals surface area contributed by atoms with Gasteiger partial charge in [-0.05, 0) is 45.3 Å². The Kier molecular flexibility index (Phi) is 6.78. The average molecular weight is 241 g/mol. The molecule has 1 rings (SSSR count). The molecule has 96 valence electrons. The highest BCUT2D eigenvalue weighted by molar-refractivity contribution is 5.72. The number of aliphatic imine (C=N–C) groups is 1. The first-order chi connectivity index (χ1) is 8.68. The quantitative estimate of drug-likeness (QED) is 0.493. The summed E-state index contributed by atoms with van der Waals surface area (Å²) in [4.78, 5) is 4.41. The summed E-state index contributed by atoms with van der Waals surface area (Å²) in [6, 6.07) is 10.3. The standard InChI is InChI=1S/C17H23N/c1-15(2)8-7-9-16(3)12-13-18-14-17-10-5-4-6-11-17/h4-6,8,10-13H,7,9,14H2,1-3H3/b16-12+,18-13?. The summed E-state index contributed by atoms with van der Waals surface area (Å²) in [6.45, 7) is 7.20. The van der Waals surface area contributed by atoms with E-state index in [1.54, 1.807) is 0 Å². The summed E-state index contributed by atoms with van der Waals surface area (Å²) in [6.07, 6.45) is 8.55. The van der Waals surface area contributed by atoms with Crippen LogP contribution < -0.4 is 0 Å². The van der Waals surface area contributed by atoms with Crippen molar-refractivity contribution in [2.24, 2.45) is 4.99 Å². The molecule has 0 saturated heterocycles. The van der Waals surface area contributed by atoms with E-state index in [0.717, 1.165) is 19.4 Å². The molecule has 0 heterocycles. The minimum atomic E-state index is 0.762. The van der Waals surface area contributed by atoms with E-state index in [0.29, 0.717) is 0 Å². The van der Waals surface area contributed by atoms with Crippen molar-refractivity contribution in [3.8, 4) is 0 Å². The van der Waals surface area contributed by atoms with Gasteiger partial charge in [-0.15, -0.1) is 0 Å². The Hall–Kier alpha value is -1.63. The molecule has 1 heteroatoms. The van der Waals surface area contributed by atoms with Crippen molar-refractivity contribution in [3.63, 3.8) is 0 Å². The lowest BCUT2D eigenvalue weighted by molar-refractivity contribution is 0.969. The first kappa shape index (κ1) is 14.4. The van der Waals surface area contributed by atoms with Crippen molar-refractivity contribution in [2.45, 2.75) is 40.2 Å². The normalized spacial score (nSPS) is 11.8. The van der Waals surface area contributed by atoms with Gasteiger partial charge in [-0.2, -0.15) is 0 Å². The molecule has 0 aromatic heterocycles. The van der Waals surface area contributed by atoms with Gasteiger partial charge >= 0.3 is 0 Å². The second-order valence-electron chi connectivity index (χ2n) is 4.81. The van der Waals surface area contributed by atoms with Crippen molar-refractivity contribution < 1.29 is 0 Å². The van der Waals surface area contributed by atoms with Crippen LogP contribution in [-0.2, 0) is 6.54 Å². The molecule has 0 spiro atoms. The van der Waals surface area contributed by atoms with Gasteiger partial charge in [0.2, 0.25) is 0 Å². The largest absolute Gasteiger partial charge is 0.288 e. The van der Waals surface area contributed by atoms with Crippen LogP contribution in [0.2, 0.25) is 0 Å². The minimum absolute atomic E-state index is 0.762. The molecule has 1 aromatic carbocycles. The highest BCUT2D eigenvalue weighted by Gasteiger charge is 1.88. The maximum absolute atomic E-state index is 4.41. The smallest absolute Gasteiger partial charge is 0.0639 e. The molecule has 0 radical (unpaired) electrons. The molecule has 0 bridgehead atoms. The summed E-state index contributed by atoms with van der Waals surface area (Å²) < 4.78 is 0. The second kappa shape index (κ2) is 8.46. The van der Waals surface area contributed by atoms with Crippen molar-refractivity contribution in [3.05, 3.63) is 59.2 Å². The van der Waals surface area contributed by atoms with Gasteiger partial charge in [0.05, 0.1) is 6.54 Å². The predicted molar refractivity (Wildman–Crippen MR) is 81.1 cm³/mol. The van der Waals surface area contributed by atoms with Crippen LogP contribution in [0.15, 0.2) is 58.6 Å². The highest BCUT2D eigenvalue weighted by atomic mass is 14.7. The number of benzene rings is 1. The molecular formula is C17H23N. The first-order valence-corrected chi connectivity index (χ1v) is 6.51. The lowest BCUT2D eigenvalue weighted by Gasteiger charge is -1.97. The third-order valence-electron chi connectivity index (χ3n) is 2.67. The molecule has 1 aromatic rings. The Morgan fingerprint density at radius 1 is 1.11 bits per heavy atom. The van der Waals surface area contributed by atoms with Gasteiger partial charge in [0.25, 0.3) is 0 Å². The SMILES string of the molecule is CC(C)=CCC/C(C)=C/C=NCc1ccccc1. The van der Waals surface area contributed by atoms with E-state index < -0.39 is 0 Å². The van der Waals surface area contributed by atoms with Gasteiger partial charge in [-0.25, -0.2) is 0 Å². The van der Waals surface area contributed by atoms with Crippen LogP contribution in [0.3, 0.4) is 0 Å². The number of hydrogen-bond acceptors (Lipinski definition) is 1. The Morgan fingerprint density at radius 2 is 1.83 bits per heavy atom. The Bertz CT molecular complexity index is 420. The summed E-state index contributed by atoms with van der Waals surface area (Å²) >= 11 is 0. The molecule has 1 nitrogen and oxygen atoms in total. The molecule has 0 aliphatic rings. The van der Waals surface area contributed by atoms with Gasteiger partial charge < -0.3 is 0 Å². The first-order valence-electron chi connectivity index (χ1n) is 6.51. The maximum atomic E-state index is 4.41. The van der Waals surface area contributed by atoms with Gasteiger partial charge in [0.1, 0.15) is 0 Å². The number of nitrogens with zero attached hydrogens (tertiary/aromatic N) is 1. The van der Waals surface area contributed by atoms with E-state index in [-0.39, 0.29) is 0 Å². The van der Waals surface area contributed by atoms with Crippen LogP contribution >= 0.6 is 0 Å². The molecule has 0 aliphatic carbocycles. The van der Waals surface area contributed by atoms with Crippen LogP contribution in [0.25, 0.3) is 0 Å². The molecule has 0 unspecified atom stereocenters. The monoisotopic (exact) mass is 241 g/mol. The van der Waals surface area contributed by atoms with Crippen LogP contribution in [0.4, 0.5) is 0 Å². The molecule has 0 N–H and O–H groups in total. The molecular weight excluding hydrogens is 218 g/mol. The van der Waals surface area contributed by atoms with Crippen molar-refractivity contribution in [1.29, 1.82) is 0 Å². The van der Waals surface area contributed by atoms with Crippen molar-refractivity contribution in [1.82, 2.24) is 0 Å². The van der Waals surface area contributed by atoms with E-state index in [1.807, 2.05) is 24.4 Å². The van der Waals surface area contributed by atoms with Crippen LogP contribution in [0, 0.1) is 0 Å². The van der Waals surface area contributed by atoms with E-state index >= 15 is 0 Å². The summed E-state index contributed by atoms with van der Waals surface area (Å²) in [7, 11) is 0. The van der Waals surface area contributed by atoms with Crippen molar-refractivity contribution >= 4 is 6.21 Å². The Labute approximate surface area is 111 Å². The van der Waals surface area contributed by atoms with Crippen LogP contribution in [0.1, 0.15) is 39.2 Å². The third kappa shape index (κ3) is 6.85. The van der Waals surface area contributed by atoms with Gasteiger partial charge in [0.15, 0.2) is 0 Å². The molecule has 0 fully saturated rings. The zero-order valence-corrected chi connectivity index (χ0v) is 11.7. The molecule has 0 aliphatic heterocycles. The van der Waals surface area contributed by atoms with E-state index in [2.05, 4.69) is 50.0 Å². The third-order valence-corrected chi connectivity index (χ3v) is 2.67. The number of hydrogen-bond donors (Lipinski definition) is 0. The molecule has 18 heavy (non-hydrogen) atoms. The fourth-order valence-electron chi connectivity index (χ4n) is 1.59. The van der Waals surface area contributed by atoms with Crippen LogP contribution in [-0.4, -0.2) is 6.21 Å². The van der Waals surface area contributed by atoms with Gasteiger partial charge in [-0.3, -0.25) is 4.99 Å². The molecule has 0 amide bonds. The van der Waals surface area contributed by atoms with Crippen molar-refractivity contribution in [2.75, 3.05) is 0 Å². The fourth-order valence-corrected chi connectivity index (χ4v) is 1.59. The number of allylic oxidation sites excluding steroid dienone is 4. The van der Waals surface area contributed by atoms with E-state index in [4.69, 9.17) is 0 Å². The second-order valence-corrected chi connectivity index (χ2v) is 4.81. The zero-order chi connectivity index (χ0) is 13.2. The lowest BCUT2D eigenvalue weighted by atomic mass is 10.1. The number of rotatable bonds is 6. The Morgan fingerprint density at radius 3 is 2.50 bits per heavy atom. The zero-order valence-electron chi connectivity index (χ0n) is 11.7. The molecule has 0 atom stereocenters. The fraction of sp³-hybridized carbons (Fsp3) is 0.353. The maximum Gasteiger partial charge on any atom is 0.0639 e. The van der Waals surface area contributed by atoms with E-state index in [1.165, 1.54) is 16.7 Å². The Balaban J connectivity index is 2.32. The predicted octanol–water partition coefficient (Wildman–Crippen LogP) is 4.95. The topological polar surface area (TPSA) is 12.4 Å². The minimum Gasteiger partial charge on any atom is -0.288 e. The van der Waals surface area contributed by atoms with Gasteiger partial charge in [-0.1, -0.05) is 47.6 Å². The van der Waals surface area contributed by atoms with Crippen LogP contribution in [0.5, 0.6) is 0 Å². The summed E-state index contributed by atoms with van der Waals surface area (Å²) in [5.41, 5.74) is 4.02. The lowest BCUT2D eigenvalue weighted by Crippen LogP contribution is -1.81. The average Bonchev–Trinajstić information content (AvgIpc) is 2.35. The summed E-state index contributed by atoms with van der Waals surface area (Å²) in [5, 5.41) is 0.